The van der Waals surface area contributed by atoms with Crippen molar-refractivity contribution in [3.05, 3.63) is 64.0 Å². The number of nitro groups is 1. The molecule has 11 heteroatoms. The number of nitrogens with zero attached hydrogens (tertiary/aromatic N) is 2. The number of aromatic nitrogens is 1. The first-order valence-corrected chi connectivity index (χ1v) is 10.1. The van der Waals surface area contributed by atoms with E-state index in [4.69, 9.17) is 0 Å². The molecule has 3 aromatic rings. The van der Waals surface area contributed by atoms with Gasteiger partial charge in [-0.05, 0) is 18.2 Å². The summed E-state index contributed by atoms with van der Waals surface area (Å²) in [5.41, 5.74) is 2.59. The topological polar surface area (TPSA) is 114 Å². The smallest absolute Gasteiger partial charge is 0.271 e. The monoisotopic (exact) mass is 426 g/mol. The second kappa shape index (κ2) is 8.33. The average molecular weight is 427 g/mol. The molecule has 0 fully saturated rings. The minimum atomic E-state index is -3.32. The SMILES string of the molecule is CS(=O)(=O)Nc1ccc(-c2csc(Nc3cccc([N+](=O)[O-])c3)n2)cc1.Cl. The van der Waals surface area contributed by atoms with Gasteiger partial charge in [-0.15, -0.1) is 23.7 Å². The molecule has 2 N–H and O–H groups in total. The fraction of sp³-hybridized carbons (Fsp3) is 0.0625. The second-order valence-corrected chi connectivity index (χ2v) is 8.03. The van der Waals surface area contributed by atoms with Gasteiger partial charge in [-0.25, -0.2) is 13.4 Å². The molecule has 0 atom stereocenters. The number of nitro benzene ring substituents is 1. The minimum absolute atomic E-state index is 0. The molecule has 0 aliphatic heterocycles. The predicted molar refractivity (Wildman–Crippen MR) is 110 cm³/mol. The fourth-order valence-electron chi connectivity index (χ4n) is 2.21. The lowest BCUT2D eigenvalue weighted by molar-refractivity contribution is -0.384. The van der Waals surface area contributed by atoms with Gasteiger partial charge in [-0.3, -0.25) is 14.8 Å². The highest BCUT2D eigenvalue weighted by molar-refractivity contribution is 7.92. The number of sulfonamides is 1. The lowest BCUT2D eigenvalue weighted by Crippen LogP contribution is -2.09. The van der Waals surface area contributed by atoms with Crippen molar-refractivity contribution in [2.24, 2.45) is 0 Å². The van der Waals surface area contributed by atoms with E-state index < -0.39 is 14.9 Å². The van der Waals surface area contributed by atoms with Crippen molar-refractivity contribution in [1.82, 2.24) is 4.98 Å². The molecule has 0 radical (unpaired) electrons. The average Bonchev–Trinajstić information content (AvgIpc) is 3.03. The Morgan fingerprint density at radius 2 is 1.81 bits per heavy atom. The third kappa shape index (κ3) is 5.64. The lowest BCUT2D eigenvalue weighted by atomic mass is 10.1. The van der Waals surface area contributed by atoms with Crippen molar-refractivity contribution in [3.63, 3.8) is 0 Å². The zero-order chi connectivity index (χ0) is 18.7. The Bertz CT molecular complexity index is 1050. The summed E-state index contributed by atoms with van der Waals surface area (Å²) >= 11 is 1.36. The third-order valence-corrected chi connectivity index (χ3v) is 4.66. The molecule has 0 bridgehead atoms. The van der Waals surface area contributed by atoms with Crippen LogP contribution in [0.1, 0.15) is 0 Å². The standard InChI is InChI=1S/C16H14N4O4S2.ClH/c1-26(23,24)19-12-7-5-11(6-8-12)15-10-25-16(18-15)17-13-3-2-4-14(9-13)20(21)22;/h2-10,19H,1H3,(H,17,18);1H. The van der Waals surface area contributed by atoms with Crippen molar-refractivity contribution in [2.75, 3.05) is 16.3 Å². The Morgan fingerprint density at radius 1 is 1.11 bits per heavy atom. The fourth-order valence-corrected chi connectivity index (χ4v) is 3.51. The first kappa shape index (κ1) is 20.6. The summed E-state index contributed by atoms with van der Waals surface area (Å²) < 4.78 is 24.9. The van der Waals surface area contributed by atoms with Gasteiger partial charge in [0.15, 0.2) is 5.13 Å². The van der Waals surface area contributed by atoms with Crippen molar-refractivity contribution < 1.29 is 13.3 Å². The van der Waals surface area contributed by atoms with Gasteiger partial charge in [0, 0.05) is 34.5 Å². The van der Waals surface area contributed by atoms with Crippen LogP contribution in [-0.4, -0.2) is 24.6 Å². The summed E-state index contributed by atoms with van der Waals surface area (Å²) in [6.07, 6.45) is 1.09. The Kier molecular flexibility index (Phi) is 6.37. The van der Waals surface area contributed by atoms with Crippen LogP contribution >= 0.6 is 23.7 Å². The number of non-ortho nitro benzene ring substituents is 1. The van der Waals surface area contributed by atoms with E-state index in [0.717, 1.165) is 11.8 Å². The van der Waals surface area contributed by atoms with Crippen LogP contribution in [-0.2, 0) is 10.0 Å². The molecule has 3 rings (SSSR count). The number of hydrogen-bond acceptors (Lipinski definition) is 7. The van der Waals surface area contributed by atoms with Crippen molar-refractivity contribution in [1.29, 1.82) is 0 Å². The van der Waals surface area contributed by atoms with E-state index in [1.165, 1.54) is 23.5 Å². The summed E-state index contributed by atoms with van der Waals surface area (Å²) in [6.45, 7) is 0. The maximum atomic E-state index is 11.2. The number of anilines is 3. The number of benzene rings is 2. The quantitative estimate of drug-likeness (QED) is 0.449. The first-order valence-electron chi connectivity index (χ1n) is 7.35. The molecule has 0 saturated carbocycles. The summed E-state index contributed by atoms with van der Waals surface area (Å²) in [5.74, 6) is 0. The molecule has 2 aromatic carbocycles. The highest BCUT2D eigenvalue weighted by Gasteiger charge is 2.09. The Hall–Kier alpha value is -2.69. The third-order valence-electron chi connectivity index (χ3n) is 3.30. The van der Waals surface area contributed by atoms with Crippen LogP contribution in [0.2, 0.25) is 0 Å². The zero-order valence-corrected chi connectivity index (χ0v) is 16.4. The van der Waals surface area contributed by atoms with Gasteiger partial charge in [0.05, 0.1) is 16.9 Å². The number of halogens is 1. The number of hydrogen-bond donors (Lipinski definition) is 2. The van der Waals surface area contributed by atoms with E-state index in [0.29, 0.717) is 22.2 Å². The van der Waals surface area contributed by atoms with E-state index in [9.17, 15) is 18.5 Å². The van der Waals surface area contributed by atoms with E-state index in [1.54, 1.807) is 36.4 Å². The molecule has 0 saturated heterocycles. The van der Waals surface area contributed by atoms with Gasteiger partial charge in [0.2, 0.25) is 10.0 Å². The second-order valence-electron chi connectivity index (χ2n) is 5.42. The Labute approximate surface area is 165 Å². The summed E-state index contributed by atoms with van der Waals surface area (Å²) in [5, 5.41) is 16.3. The maximum absolute atomic E-state index is 11.2. The molecule has 0 spiro atoms. The van der Waals surface area contributed by atoms with Crippen molar-refractivity contribution in [2.45, 2.75) is 0 Å². The van der Waals surface area contributed by atoms with E-state index in [2.05, 4.69) is 15.0 Å². The largest absolute Gasteiger partial charge is 0.331 e. The van der Waals surface area contributed by atoms with Gasteiger partial charge >= 0.3 is 0 Å². The normalized spacial score (nSPS) is 10.7. The highest BCUT2D eigenvalue weighted by Crippen LogP contribution is 2.29. The van der Waals surface area contributed by atoms with Crippen LogP contribution < -0.4 is 10.0 Å². The van der Waals surface area contributed by atoms with Crippen LogP contribution in [0.25, 0.3) is 11.3 Å². The van der Waals surface area contributed by atoms with Gasteiger partial charge in [0.25, 0.3) is 5.69 Å². The Balaban J connectivity index is 0.00000261. The molecule has 1 heterocycles. The van der Waals surface area contributed by atoms with Crippen molar-refractivity contribution >= 4 is 56.0 Å². The van der Waals surface area contributed by atoms with E-state index in [-0.39, 0.29) is 18.1 Å². The molecule has 0 aliphatic carbocycles. The van der Waals surface area contributed by atoms with Crippen LogP contribution in [0.5, 0.6) is 0 Å². The summed E-state index contributed by atoms with van der Waals surface area (Å²) in [4.78, 5) is 14.8. The van der Waals surface area contributed by atoms with E-state index >= 15 is 0 Å². The lowest BCUT2D eigenvalue weighted by Gasteiger charge is -2.04. The molecule has 8 nitrogen and oxygen atoms in total. The van der Waals surface area contributed by atoms with Crippen molar-refractivity contribution in [3.8, 4) is 11.3 Å². The summed E-state index contributed by atoms with van der Waals surface area (Å²) in [7, 11) is -3.32. The van der Waals surface area contributed by atoms with Crippen LogP contribution in [0, 0.1) is 10.1 Å². The van der Waals surface area contributed by atoms with Gasteiger partial charge in [0.1, 0.15) is 0 Å². The van der Waals surface area contributed by atoms with Crippen LogP contribution in [0.15, 0.2) is 53.9 Å². The highest BCUT2D eigenvalue weighted by atomic mass is 35.5. The Morgan fingerprint density at radius 3 is 2.44 bits per heavy atom. The molecule has 0 unspecified atom stereocenters. The molecule has 1 aromatic heterocycles. The number of thiazole rings is 1. The minimum Gasteiger partial charge on any atom is -0.331 e. The van der Waals surface area contributed by atoms with E-state index in [1.807, 2.05) is 5.38 Å². The molecular weight excluding hydrogens is 412 g/mol. The van der Waals surface area contributed by atoms with Gasteiger partial charge in [-0.1, -0.05) is 18.2 Å². The van der Waals surface area contributed by atoms with Gasteiger partial charge in [-0.2, -0.15) is 0 Å². The molecule has 27 heavy (non-hydrogen) atoms. The molecule has 0 amide bonds. The summed E-state index contributed by atoms with van der Waals surface area (Å²) in [6, 6.07) is 13.0. The predicted octanol–water partition coefficient (Wildman–Crippen LogP) is 4.26. The van der Waals surface area contributed by atoms with Crippen LogP contribution in [0.3, 0.4) is 0 Å². The molecular formula is C16H15ClN4O4S2. The molecule has 0 aliphatic rings. The number of rotatable bonds is 6. The zero-order valence-electron chi connectivity index (χ0n) is 13.9. The number of nitrogens with one attached hydrogen (secondary N) is 2. The van der Waals surface area contributed by atoms with Gasteiger partial charge < -0.3 is 5.32 Å². The first-order chi connectivity index (χ1) is 12.3. The van der Waals surface area contributed by atoms with Crippen LogP contribution in [0.4, 0.5) is 22.2 Å². The molecule has 142 valence electrons. The maximum Gasteiger partial charge on any atom is 0.271 e.